The minimum atomic E-state index is -0.491. The van der Waals surface area contributed by atoms with Crippen molar-refractivity contribution in [2.45, 2.75) is 13.0 Å². The van der Waals surface area contributed by atoms with Gasteiger partial charge >= 0.3 is 5.97 Å². The Morgan fingerprint density at radius 3 is 3.00 bits per heavy atom. The first-order chi connectivity index (χ1) is 8.70. The first-order valence-electron chi connectivity index (χ1n) is 5.41. The van der Waals surface area contributed by atoms with E-state index in [0.717, 1.165) is 0 Å². The van der Waals surface area contributed by atoms with Crippen LogP contribution in [0.1, 0.15) is 28.3 Å². The molecule has 0 aliphatic rings. The van der Waals surface area contributed by atoms with Crippen LogP contribution in [0.5, 0.6) is 0 Å². The molecule has 0 saturated carbocycles. The molecule has 2 aromatic heterocycles. The molecule has 0 amide bonds. The number of nitrogens with one attached hydrogen (secondary N) is 1. The summed E-state index contributed by atoms with van der Waals surface area (Å²) in [5.74, 6) is 0.0636. The third-order valence-corrected chi connectivity index (χ3v) is 3.42. The van der Waals surface area contributed by atoms with Gasteiger partial charge in [-0.05, 0) is 18.4 Å². The maximum absolute atomic E-state index is 11.3. The van der Waals surface area contributed by atoms with Gasteiger partial charge in [-0.2, -0.15) is 0 Å². The van der Waals surface area contributed by atoms with Gasteiger partial charge in [-0.1, -0.05) is 6.07 Å². The summed E-state index contributed by atoms with van der Waals surface area (Å²) in [6.07, 6.45) is 2.96. The monoisotopic (exact) mass is 263 g/mol. The van der Waals surface area contributed by atoms with Crippen molar-refractivity contribution in [2.75, 3.05) is 12.4 Å². The van der Waals surface area contributed by atoms with E-state index < -0.39 is 5.97 Å². The molecule has 5 nitrogen and oxygen atoms in total. The summed E-state index contributed by atoms with van der Waals surface area (Å²) in [4.78, 5) is 20.6. The molecule has 0 fully saturated rings. The molecule has 0 aliphatic heterocycles. The Morgan fingerprint density at radius 2 is 2.33 bits per heavy atom. The van der Waals surface area contributed by atoms with Crippen molar-refractivity contribution in [3.63, 3.8) is 0 Å². The van der Waals surface area contributed by atoms with Gasteiger partial charge in [0, 0.05) is 4.88 Å². The average molecular weight is 263 g/mol. The van der Waals surface area contributed by atoms with Crippen LogP contribution in [-0.2, 0) is 4.74 Å². The third-order valence-electron chi connectivity index (χ3n) is 2.36. The molecule has 1 unspecified atom stereocenters. The molecule has 0 aliphatic carbocycles. The number of rotatable bonds is 4. The summed E-state index contributed by atoms with van der Waals surface area (Å²) >= 11 is 1.66. The van der Waals surface area contributed by atoms with Crippen LogP contribution in [0.4, 0.5) is 5.82 Å². The number of anilines is 1. The van der Waals surface area contributed by atoms with E-state index in [0.29, 0.717) is 5.82 Å². The fraction of sp³-hybridized carbons (Fsp3) is 0.250. The zero-order valence-corrected chi connectivity index (χ0v) is 10.9. The van der Waals surface area contributed by atoms with Gasteiger partial charge in [0.1, 0.15) is 5.82 Å². The molecule has 0 radical (unpaired) electrons. The molecule has 0 spiro atoms. The van der Waals surface area contributed by atoms with E-state index in [2.05, 4.69) is 20.0 Å². The van der Waals surface area contributed by atoms with Crippen LogP contribution >= 0.6 is 11.3 Å². The summed E-state index contributed by atoms with van der Waals surface area (Å²) in [6, 6.07) is 4.15. The number of esters is 1. The number of hydrogen-bond acceptors (Lipinski definition) is 6. The van der Waals surface area contributed by atoms with Crippen LogP contribution < -0.4 is 5.32 Å². The summed E-state index contributed by atoms with van der Waals surface area (Å²) in [7, 11) is 1.32. The summed E-state index contributed by atoms with van der Waals surface area (Å²) < 4.78 is 4.60. The maximum atomic E-state index is 11.3. The molecule has 1 atom stereocenters. The summed E-state index contributed by atoms with van der Waals surface area (Å²) in [6.45, 7) is 2.03. The molecular formula is C12H13N3O2S. The topological polar surface area (TPSA) is 64.1 Å². The largest absolute Gasteiger partial charge is 0.464 e. The van der Waals surface area contributed by atoms with Crippen molar-refractivity contribution in [1.82, 2.24) is 9.97 Å². The maximum Gasteiger partial charge on any atom is 0.358 e. The molecule has 2 rings (SSSR count). The van der Waals surface area contributed by atoms with Gasteiger partial charge in [0.25, 0.3) is 0 Å². The van der Waals surface area contributed by atoms with Gasteiger partial charge < -0.3 is 10.1 Å². The van der Waals surface area contributed by atoms with Crippen molar-refractivity contribution in [3.05, 3.63) is 40.5 Å². The SMILES string of the molecule is COC(=O)c1cncc(NC(C)c2cccs2)n1. The second-order valence-electron chi connectivity index (χ2n) is 3.66. The van der Waals surface area contributed by atoms with Crippen molar-refractivity contribution < 1.29 is 9.53 Å². The number of thiophene rings is 1. The van der Waals surface area contributed by atoms with E-state index in [1.807, 2.05) is 24.4 Å². The van der Waals surface area contributed by atoms with E-state index in [4.69, 9.17) is 0 Å². The lowest BCUT2D eigenvalue weighted by atomic mass is 10.3. The third kappa shape index (κ3) is 2.84. The number of nitrogens with zero attached hydrogens (tertiary/aromatic N) is 2. The van der Waals surface area contributed by atoms with Crippen LogP contribution in [0.3, 0.4) is 0 Å². The zero-order chi connectivity index (χ0) is 13.0. The van der Waals surface area contributed by atoms with Gasteiger partial charge in [-0.25, -0.2) is 9.78 Å². The number of carbonyl (C=O) groups excluding carboxylic acids is 1. The van der Waals surface area contributed by atoms with Crippen LogP contribution in [0.25, 0.3) is 0 Å². The van der Waals surface area contributed by atoms with Gasteiger partial charge in [0.2, 0.25) is 0 Å². The smallest absolute Gasteiger partial charge is 0.358 e. The summed E-state index contributed by atoms with van der Waals surface area (Å²) in [5.41, 5.74) is 0.195. The van der Waals surface area contributed by atoms with Crippen LogP contribution in [-0.4, -0.2) is 23.0 Å². The lowest BCUT2D eigenvalue weighted by Gasteiger charge is -2.12. The quantitative estimate of drug-likeness (QED) is 0.859. The van der Waals surface area contributed by atoms with Crippen LogP contribution in [0.15, 0.2) is 29.9 Å². The highest BCUT2D eigenvalue weighted by Crippen LogP contribution is 2.21. The number of ether oxygens (including phenoxy) is 1. The number of hydrogen-bond donors (Lipinski definition) is 1. The Labute approximate surface area is 109 Å². The molecule has 0 saturated heterocycles. The number of carbonyl (C=O) groups is 1. The van der Waals surface area contributed by atoms with Crippen molar-refractivity contribution in [3.8, 4) is 0 Å². The van der Waals surface area contributed by atoms with Gasteiger partial charge in [0.15, 0.2) is 5.69 Å². The van der Waals surface area contributed by atoms with E-state index in [1.54, 1.807) is 17.5 Å². The van der Waals surface area contributed by atoms with Crippen LogP contribution in [0, 0.1) is 0 Å². The highest BCUT2D eigenvalue weighted by molar-refractivity contribution is 7.10. The average Bonchev–Trinajstić information content (AvgIpc) is 2.92. The predicted octanol–water partition coefficient (Wildman–Crippen LogP) is 2.50. The Hall–Kier alpha value is -1.95. The summed E-state index contributed by atoms with van der Waals surface area (Å²) in [5, 5.41) is 5.21. The van der Waals surface area contributed by atoms with Gasteiger partial charge in [-0.3, -0.25) is 4.98 Å². The highest BCUT2D eigenvalue weighted by Gasteiger charge is 2.11. The fourth-order valence-electron chi connectivity index (χ4n) is 1.47. The van der Waals surface area contributed by atoms with E-state index >= 15 is 0 Å². The lowest BCUT2D eigenvalue weighted by Crippen LogP contribution is -2.10. The normalized spacial score (nSPS) is 11.9. The molecular weight excluding hydrogens is 250 g/mol. The molecule has 94 valence electrons. The Morgan fingerprint density at radius 1 is 1.50 bits per heavy atom. The standard InChI is InChI=1S/C12H13N3O2S/c1-8(10-4-3-5-18-10)14-11-7-13-6-9(15-11)12(16)17-2/h3-8H,1-2H3,(H,14,15). The minimum absolute atomic E-state index is 0.118. The Bertz CT molecular complexity index is 528. The zero-order valence-electron chi connectivity index (χ0n) is 10.1. The first-order valence-corrected chi connectivity index (χ1v) is 6.29. The van der Waals surface area contributed by atoms with Crippen LogP contribution in [0.2, 0.25) is 0 Å². The second kappa shape index (κ2) is 5.59. The molecule has 0 aromatic carbocycles. The van der Waals surface area contributed by atoms with Crippen molar-refractivity contribution in [1.29, 1.82) is 0 Å². The highest BCUT2D eigenvalue weighted by atomic mass is 32.1. The van der Waals surface area contributed by atoms with Crippen molar-refractivity contribution >= 4 is 23.1 Å². The van der Waals surface area contributed by atoms with Crippen molar-refractivity contribution in [2.24, 2.45) is 0 Å². The van der Waals surface area contributed by atoms with Gasteiger partial charge in [-0.15, -0.1) is 11.3 Å². The molecule has 6 heteroatoms. The van der Waals surface area contributed by atoms with Gasteiger partial charge in [0.05, 0.1) is 25.5 Å². The molecule has 0 bridgehead atoms. The molecule has 1 N–H and O–H groups in total. The predicted molar refractivity (Wildman–Crippen MR) is 69.7 cm³/mol. The Kier molecular flexibility index (Phi) is 3.88. The molecule has 18 heavy (non-hydrogen) atoms. The van der Waals surface area contributed by atoms with E-state index in [9.17, 15) is 4.79 Å². The molecule has 2 aromatic rings. The lowest BCUT2D eigenvalue weighted by molar-refractivity contribution is 0.0593. The second-order valence-corrected chi connectivity index (χ2v) is 4.64. The number of methoxy groups -OCH3 is 1. The fourth-order valence-corrected chi connectivity index (χ4v) is 2.20. The van der Waals surface area contributed by atoms with E-state index in [1.165, 1.54) is 18.2 Å². The minimum Gasteiger partial charge on any atom is -0.464 e. The van der Waals surface area contributed by atoms with E-state index in [-0.39, 0.29) is 11.7 Å². The Balaban J connectivity index is 2.12. The number of aromatic nitrogens is 2. The molecule has 2 heterocycles. The first kappa shape index (κ1) is 12.5.